The lowest BCUT2D eigenvalue weighted by molar-refractivity contribution is 0.271. The van der Waals surface area contributed by atoms with Crippen LogP contribution in [0.3, 0.4) is 0 Å². The number of nitrogens with zero attached hydrogens (tertiary/aromatic N) is 4. The van der Waals surface area contributed by atoms with Crippen molar-refractivity contribution in [2.24, 2.45) is 0 Å². The third-order valence-electron chi connectivity index (χ3n) is 4.15. The number of anilines is 3. The molecule has 0 aliphatic rings. The van der Waals surface area contributed by atoms with Crippen LogP contribution in [0.15, 0.2) is 30.6 Å². The van der Waals surface area contributed by atoms with Crippen LogP contribution in [-0.4, -0.2) is 37.7 Å². The summed E-state index contributed by atoms with van der Waals surface area (Å²) in [5.41, 5.74) is 4.45. The average molecular weight is 338 g/mol. The summed E-state index contributed by atoms with van der Waals surface area (Å²) in [6.07, 6.45) is 3.98. The van der Waals surface area contributed by atoms with Crippen molar-refractivity contribution in [3.63, 3.8) is 0 Å². The summed E-state index contributed by atoms with van der Waals surface area (Å²) in [6.45, 7) is 6.15. The molecular weight excluding hydrogens is 316 g/mol. The molecule has 3 rings (SSSR count). The van der Waals surface area contributed by atoms with Gasteiger partial charge in [0.1, 0.15) is 0 Å². The highest BCUT2D eigenvalue weighted by molar-refractivity contribution is 5.85. The van der Waals surface area contributed by atoms with Gasteiger partial charge in [0.2, 0.25) is 5.95 Å². The summed E-state index contributed by atoms with van der Waals surface area (Å²) < 4.78 is 0. The molecule has 2 heterocycles. The van der Waals surface area contributed by atoms with Crippen LogP contribution < -0.4 is 10.6 Å². The number of hydrogen-bond acceptors (Lipinski definition) is 7. The van der Waals surface area contributed by atoms with Crippen molar-refractivity contribution in [2.45, 2.75) is 33.2 Å². The molecule has 3 aromatic rings. The zero-order chi connectivity index (χ0) is 17.8. The molecule has 0 aliphatic heterocycles. The molecule has 1 unspecified atom stereocenters. The van der Waals surface area contributed by atoms with Gasteiger partial charge in [-0.2, -0.15) is 9.97 Å². The lowest BCUT2D eigenvalue weighted by Crippen LogP contribution is -2.24. The fraction of sp³-hybridized carbons (Fsp3) is 0.333. The minimum Gasteiger partial charge on any atom is -0.394 e. The first kappa shape index (κ1) is 17.0. The summed E-state index contributed by atoms with van der Waals surface area (Å²) in [5, 5.41) is 15.8. The quantitative estimate of drug-likeness (QED) is 0.636. The molecule has 7 heteroatoms. The van der Waals surface area contributed by atoms with Gasteiger partial charge in [0, 0.05) is 18.1 Å². The van der Waals surface area contributed by atoms with Crippen molar-refractivity contribution in [2.75, 3.05) is 17.2 Å². The molecule has 0 saturated carbocycles. The van der Waals surface area contributed by atoms with Crippen molar-refractivity contribution < 1.29 is 5.11 Å². The number of hydrogen-bond donors (Lipinski definition) is 3. The molecular formula is C18H22N6O. The first-order valence-corrected chi connectivity index (χ1v) is 8.31. The second-order valence-corrected chi connectivity index (χ2v) is 5.98. The van der Waals surface area contributed by atoms with Crippen molar-refractivity contribution in [1.82, 2.24) is 19.9 Å². The molecule has 0 aliphatic carbocycles. The molecule has 25 heavy (non-hydrogen) atoms. The van der Waals surface area contributed by atoms with Crippen LogP contribution >= 0.6 is 0 Å². The van der Waals surface area contributed by atoms with Gasteiger partial charge in [-0.1, -0.05) is 13.0 Å². The molecule has 0 fully saturated rings. The van der Waals surface area contributed by atoms with Gasteiger partial charge in [-0.05, 0) is 43.5 Å². The molecule has 1 aromatic carbocycles. The van der Waals surface area contributed by atoms with E-state index in [9.17, 15) is 5.11 Å². The fourth-order valence-electron chi connectivity index (χ4n) is 2.43. The van der Waals surface area contributed by atoms with E-state index in [0.717, 1.165) is 12.1 Å². The van der Waals surface area contributed by atoms with Crippen molar-refractivity contribution in [1.29, 1.82) is 0 Å². The number of fused-ring (bicyclic) bond motifs is 1. The monoisotopic (exact) mass is 338 g/mol. The summed E-state index contributed by atoms with van der Waals surface area (Å²) in [4.78, 5) is 17.6. The maximum Gasteiger partial charge on any atom is 0.227 e. The largest absolute Gasteiger partial charge is 0.394 e. The van der Waals surface area contributed by atoms with Crippen molar-refractivity contribution >= 4 is 28.6 Å². The van der Waals surface area contributed by atoms with Gasteiger partial charge in [0.05, 0.1) is 12.6 Å². The minimum absolute atomic E-state index is 0.0122. The highest BCUT2D eigenvalue weighted by Gasteiger charge is 2.13. The molecule has 1 atom stereocenters. The van der Waals surface area contributed by atoms with E-state index in [-0.39, 0.29) is 12.6 Å². The Morgan fingerprint density at radius 2 is 1.88 bits per heavy atom. The van der Waals surface area contributed by atoms with Gasteiger partial charge in [0.25, 0.3) is 0 Å². The number of rotatable bonds is 6. The lowest BCUT2D eigenvalue weighted by Gasteiger charge is -2.16. The van der Waals surface area contributed by atoms with Crippen LogP contribution in [0, 0.1) is 13.8 Å². The van der Waals surface area contributed by atoms with Crippen LogP contribution in [-0.2, 0) is 0 Å². The first-order valence-electron chi connectivity index (χ1n) is 8.31. The standard InChI is InChI=1S/C18H22N6O/c1-4-13(10-25)22-18-23-16-15(19-7-8-20-16)17(24-18)21-14-6-5-11(2)12(3)9-14/h5-9,13,25H,4,10H2,1-3H3,(H2,20,21,22,23,24). The van der Waals surface area contributed by atoms with Gasteiger partial charge >= 0.3 is 0 Å². The van der Waals surface area contributed by atoms with E-state index in [4.69, 9.17) is 0 Å². The number of nitrogens with one attached hydrogen (secondary N) is 2. The van der Waals surface area contributed by atoms with Crippen LogP contribution in [0.25, 0.3) is 11.2 Å². The topological polar surface area (TPSA) is 95.8 Å². The third-order valence-corrected chi connectivity index (χ3v) is 4.15. The molecule has 130 valence electrons. The predicted molar refractivity (Wildman–Crippen MR) is 99.1 cm³/mol. The SMILES string of the molecule is CCC(CO)Nc1nc(Nc2ccc(C)c(C)c2)c2nccnc2n1. The molecule has 0 amide bonds. The van der Waals surface area contributed by atoms with E-state index in [1.807, 2.05) is 13.0 Å². The van der Waals surface area contributed by atoms with E-state index in [1.54, 1.807) is 12.4 Å². The average Bonchev–Trinajstić information content (AvgIpc) is 2.63. The lowest BCUT2D eigenvalue weighted by atomic mass is 10.1. The Kier molecular flexibility index (Phi) is 5.04. The Hall–Kier alpha value is -2.80. The van der Waals surface area contributed by atoms with Crippen molar-refractivity contribution in [3.8, 4) is 0 Å². The van der Waals surface area contributed by atoms with Crippen LogP contribution in [0.5, 0.6) is 0 Å². The zero-order valence-corrected chi connectivity index (χ0v) is 14.6. The highest BCUT2D eigenvalue weighted by atomic mass is 16.3. The third kappa shape index (κ3) is 3.83. The molecule has 0 saturated heterocycles. The molecule has 0 radical (unpaired) electrons. The second-order valence-electron chi connectivity index (χ2n) is 5.98. The van der Waals surface area contributed by atoms with E-state index >= 15 is 0 Å². The molecule has 0 bridgehead atoms. The zero-order valence-electron chi connectivity index (χ0n) is 14.6. The number of aryl methyl sites for hydroxylation is 2. The highest BCUT2D eigenvalue weighted by Crippen LogP contribution is 2.24. The van der Waals surface area contributed by atoms with Crippen LogP contribution in [0.1, 0.15) is 24.5 Å². The fourth-order valence-corrected chi connectivity index (χ4v) is 2.43. The van der Waals surface area contributed by atoms with E-state index in [2.05, 4.69) is 56.5 Å². The number of aromatic nitrogens is 4. The Labute approximate surface area is 146 Å². The number of aliphatic hydroxyl groups excluding tert-OH is 1. The van der Waals surface area contributed by atoms with Crippen LogP contribution in [0.2, 0.25) is 0 Å². The smallest absolute Gasteiger partial charge is 0.227 e. The Bertz CT molecular complexity index is 879. The second kappa shape index (κ2) is 7.40. The number of benzene rings is 1. The normalized spacial score (nSPS) is 12.2. The Morgan fingerprint density at radius 3 is 2.60 bits per heavy atom. The van der Waals surface area contributed by atoms with E-state index in [1.165, 1.54) is 11.1 Å². The summed E-state index contributed by atoms with van der Waals surface area (Å²) >= 11 is 0. The number of aliphatic hydroxyl groups is 1. The van der Waals surface area contributed by atoms with Crippen molar-refractivity contribution in [3.05, 3.63) is 41.7 Å². The molecule has 7 nitrogen and oxygen atoms in total. The molecule has 3 N–H and O–H groups in total. The Morgan fingerprint density at radius 1 is 1.08 bits per heavy atom. The van der Waals surface area contributed by atoms with Gasteiger partial charge in [-0.15, -0.1) is 0 Å². The maximum atomic E-state index is 9.40. The summed E-state index contributed by atoms with van der Waals surface area (Å²) in [5.74, 6) is 0.997. The van der Waals surface area contributed by atoms with Gasteiger partial charge in [-0.25, -0.2) is 9.97 Å². The molecule has 0 spiro atoms. The first-order chi connectivity index (χ1) is 12.1. The summed E-state index contributed by atoms with van der Waals surface area (Å²) in [6, 6.07) is 6.02. The minimum atomic E-state index is -0.108. The Balaban J connectivity index is 2.00. The van der Waals surface area contributed by atoms with E-state index in [0.29, 0.717) is 22.9 Å². The van der Waals surface area contributed by atoms with E-state index < -0.39 is 0 Å². The molecule has 2 aromatic heterocycles. The van der Waals surface area contributed by atoms with Crippen LogP contribution in [0.4, 0.5) is 17.5 Å². The summed E-state index contributed by atoms with van der Waals surface area (Å²) in [7, 11) is 0. The van der Waals surface area contributed by atoms with Gasteiger partial charge in [0.15, 0.2) is 17.0 Å². The van der Waals surface area contributed by atoms with Gasteiger partial charge < -0.3 is 15.7 Å². The maximum absolute atomic E-state index is 9.40. The predicted octanol–water partition coefficient (Wildman–Crippen LogP) is 2.96. The van der Waals surface area contributed by atoms with Gasteiger partial charge in [-0.3, -0.25) is 0 Å².